The highest BCUT2D eigenvalue weighted by Gasteiger charge is 2.12. The molecule has 0 unspecified atom stereocenters. The van der Waals surface area contributed by atoms with E-state index in [0.29, 0.717) is 12.1 Å². The molecule has 0 atom stereocenters. The summed E-state index contributed by atoms with van der Waals surface area (Å²) in [5, 5.41) is 3.07. The Hall–Kier alpha value is -2.01. The van der Waals surface area contributed by atoms with Crippen LogP contribution in [-0.4, -0.2) is 6.54 Å². The molecule has 112 valence electrons. The first kappa shape index (κ1) is 15.4. The third kappa shape index (κ3) is 3.76. The third-order valence-corrected chi connectivity index (χ3v) is 3.02. The summed E-state index contributed by atoms with van der Waals surface area (Å²) in [7, 11) is 0. The van der Waals surface area contributed by atoms with E-state index in [9.17, 15) is 13.2 Å². The number of ether oxygens (including phenoxy) is 1. The molecule has 2 aromatic carbocycles. The second kappa shape index (κ2) is 7.13. The Kier molecular flexibility index (Phi) is 5.22. The summed E-state index contributed by atoms with van der Waals surface area (Å²) in [6, 6.07) is 8.40. The molecule has 2 rings (SSSR count). The molecule has 2 nitrogen and oxygen atoms in total. The Bertz CT molecular complexity index is 616. The number of benzene rings is 2. The second-order valence-corrected chi connectivity index (χ2v) is 4.51. The Morgan fingerprint density at radius 3 is 2.33 bits per heavy atom. The zero-order valence-corrected chi connectivity index (χ0v) is 11.6. The molecule has 0 aliphatic heterocycles. The van der Waals surface area contributed by atoms with Gasteiger partial charge in [-0.05, 0) is 18.7 Å². The lowest BCUT2D eigenvalue weighted by molar-refractivity contribution is 0.279. The molecule has 1 N–H and O–H groups in total. The summed E-state index contributed by atoms with van der Waals surface area (Å²) in [6.07, 6.45) is 0. The molecule has 0 heterocycles. The zero-order chi connectivity index (χ0) is 15.2. The summed E-state index contributed by atoms with van der Waals surface area (Å²) in [5.41, 5.74) is 0.682. The van der Waals surface area contributed by atoms with Crippen molar-refractivity contribution in [3.63, 3.8) is 0 Å². The minimum atomic E-state index is -0.970. The summed E-state index contributed by atoms with van der Waals surface area (Å²) < 4.78 is 45.9. The molecule has 0 saturated carbocycles. The number of nitrogens with one attached hydrogen (secondary N) is 1. The van der Waals surface area contributed by atoms with Crippen LogP contribution in [0.3, 0.4) is 0 Å². The molecule has 21 heavy (non-hydrogen) atoms. The minimum absolute atomic E-state index is 0.0488. The van der Waals surface area contributed by atoms with E-state index >= 15 is 0 Å². The maximum absolute atomic E-state index is 13.8. The third-order valence-electron chi connectivity index (χ3n) is 3.02. The molecule has 5 heteroatoms. The van der Waals surface area contributed by atoms with Gasteiger partial charge in [0.15, 0.2) is 23.2 Å². The average molecular weight is 295 g/mol. The molecule has 0 saturated heterocycles. The molecule has 0 amide bonds. The summed E-state index contributed by atoms with van der Waals surface area (Å²) in [5.74, 6) is -2.39. The van der Waals surface area contributed by atoms with Gasteiger partial charge in [0.1, 0.15) is 6.61 Å². The highest BCUT2D eigenvalue weighted by molar-refractivity contribution is 5.35. The van der Waals surface area contributed by atoms with E-state index in [1.54, 1.807) is 12.1 Å². The summed E-state index contributed by atoms with van der Waals surface area (Å²) >= 11 is 0. The predicted molar refractivity (Wildman–Crippen MR) is 74.5 cm³/mol. The van der Waals surface area contributed by atoms with Crippen molar-refractivity contribution in [1.29, 1.82) is 0 Å². The molecule has 0 fully saturated rings. The van der Waals surface area contributed by atoms with E-state index in [2.05, 4.69) is 5.32 Å². The highest BCUT2D eigenvalue weighted by Crippen LogP contribution is 2.24. The lowest BCUT2D eigenvalue weighted by Crippen LogP contribution is -2.13. The number of para-hydroxylation sites is 1. The van der Waals surface area contributed by atoms with Crippen LogP contribution in [0.1, 0.15) is 18.1 Å². The Morgan fingerprint density at radius 2 is 1.62 bits per heavy atom. The van der Waals surface area contributed by atoms with Gasteiger partial charge in [0.05, 0.1) is 0 Å². The van der Waals surface area contributed by atoms with Crippen molar-refractivity contribution in [2.75, 3.05) is 6.54 Å². The first-order chi connectivity index (χ1) is 10.1. The van der Waals surface area contributed by atoms with Gasteiger partial charge in [0.2, 0.25) is 0 Å². The smallest absolute Gasteiger partial charge is 0.165 e. The normalized spacial score (nSPS) is 10.7. The maximum Gasteiger partial charge on any atom is 0.165 e. The van der Waals surface area contributed by atoms with E-state index in [0.717, 1.165) is 12.6 Å². The topological polar surface area (TPSA) is 21.3 Å². The van der Waals surface area contributed by atoms with Crippen LogP contribution in [0.5, 0.6) is 5.75 Å². The van der Waals surface area contributed by atoms with Crippen LogP contribution in [0, 0.1) is 17.5 Å². The van der Waals surface area contributed by atoms with Crippen LogP contribution in [0.4, 0.5) is 13.2 Å². The molecule has 2 aromatic rings. The van der Waals surface area contributed by atoms with Crippen molar-refractivity contribution in [1.82, 2.24) is 5.32 Å². The predicted octanol–water partition coefficient (Wildman–Crippen LogP) is 3.79. The zero-order valence-electron chi connectivity index (χ0n) is 11.6. The summed E-state index contributed by atoms with van der Waals surface area (Å²) in [6.45, 7) is 2.87. The highest BCUT2D eigenvalue weighted by atomic mass is 19.2. The van der Waals surface area contributed by atoms with Gasteiger partial charge in [-0.1, -0.05) is 31.2 Å². The van der Waals surface area contributed by atoms with Crippen LogP contribution in [0.15, 0.2) is 36.4 Å². The molecule has 0 aliphatic rings. The first-order valence-electron chi connectivity index (χ1n) is 6.67. The van der Waals surface area contributed by atoms with Crippen LogP contribution in [0.25, 0.3) is 0 Å². The largest absolute Gasteiger partial charge is 0.485 e. The Labute approximate surface area is 121 Å². The van der Waals surface area contributed by atoms with Crippen molar-refractivity contribution in [3.8, 4) is 5.75 Å². The number of rotatable bonds is 6. The SMILES string of the molecule is CCNCc1cccc(F)c1OCc1cccc(F)c1F. The quantitative estimate of drug-likeness (QED) is 0.875. The fourth-order valence-corrected chi connectivity index (χ4v) is 1.92. The van der Waals surface area contributed by atoms with Gasteiger partial charge in [0, 0.05) is 17.7 Å². The molecule has 0 aliphatic carbocycles. The van der Waals surface area contributed by atoms with Crippen LogP contribution < -0.4 is 10.1 Å². The monoisotopic (exact) mass is 295 g/mol. The van der Waals surface area contributed by atoms with Crippen molar-refractivity contribution in [3.05, 3.63) is 65.0 Å². The molecular formula is C16H16F3NO. The lowest BCUT2D eigenvalue weighted by atomic mass is 10.2. The molecule has 0 spiro atoms. The molecule has 0 aromatic heterocycles. The van der Waals surface area contributed by atoms with E-state index in [1.807, 2.05) is 6.92 Å². The van der Waals surface area contributed by atoms with Gasteiger partial charge in [-0.25, -0.2) is 13.2 Å². The summed E-state index contributed by atoms with van der Waals surface area (Å²) in [4.78, 5) is 0. The maximum atomic E-state index is 13.8. The van der Waals surface area contributed by atoms with Crippen LogP contribution in [0.2, 0.25) is 0 Å². The van der Waals surface area contributed by atoms with Crippen LogP contribution in [-0.2, 0) is 13.2 Å². The van der Waals surface area contributed by atoms with E-state index in [4.69, 9.17) is 4.74 Å². The van der Waals surface area contributed by atoms with Gasteiger partial charge in [-0.2, -0.15) is 0 Å². The van der Waals surface area contributed by atoms with E-state index in [1.165, 1.54) is 18.2 Å². The standard InChI is InChI=1S/C16H16F3NO/c1-2-20-9-11-5-3-8-14(18)16(11)21-10-12-6-4-7-13(17)15(12)19/h3-8,20H,2,9-10H2,1H3. The molecular weight excluding hydrogens is 279 g/mol. The van der Waals surface area contributed by atoms with Gasteiger partial charge >= 0.3 is 0 Å². The van der Waals surface area contributed by atoms with E-state index in [-0.39, 0.29) is 17.9 Å². The van der Waals surface area contributed by atoms with Gasteiger partial charge in [-0.3, -0.25) is 0 Å². The van der Waals surface area contributed by atoms with Crippen molar-refractivity contribution in [2.45, 2.75) is 20.1 Å². The van der Waals surface area contributed by atoms with Gasteiger partial charge < -0.3 is 10.1 Å². The van der Waals surface area contributed by atoms with Crippen molar-refractivity contribution >= 4 is 0 Å². The van der Waals surface area contributed by atoms with Gasteiger partial charge in [0.25, 0.3) is 0 Å². The molecule has 0 bridgehead atoms. The van der Waals surface area contributed by atoms with Crippen molar-refractivity contribution in [2.24, 2.45) is 0 Å². The average Bonchev–Trinajstić information content (AvgIpc) is 2.48. The number of halogens is 3. The first-order valence-corrected chi connectivity index (χ1v) is 6.67. The molecule has 0 radical (unpaired) electrons. The van der Waals surface area contributed by atoms with Gasteiger partial charge in [-0.15, -0.1) is 0 Å². The van der Waals surface area contributed by atoms with Crippen LogP contribution >= 0.6 is 0 Å². The van der Waals surface area contributed by atoms with Crippen molar-refractivity contribution < 1.29 is 17.9 Å². The Morgan fingerprint density at radius 1 is 0.952 bits per heavy atom. The fourth-order valence-electron chi connectivity index (χ4n) is 1.92. The minimum Gasteiger partial charge on any atom is -0.485 e. The second-order valence-electron chi connectivity index (χ2n) is 4.51. The number of hydrogen-bond donors (Lipinski definition) is 1. The fraction of sp³-hybridized carbons (Fsp3) is 0.250. The number of hydrogen-bond acceptors (Lipinski definition) is 2. The van der Waals surface area contributed by atoms with E-state index < -0.39 is 17.5 Å². The Balaban J connectivity index is 2.17. The lowest BCUT2D eigenvalue weighted by Gasteiger charge is -2.13.